The summed E-state index contributed by atoms with van der Waals surface area (Å²) in [6, 6.07) is 25.9. The van der Waals surface area contributed by atoms with E-state index in [1.54, 1.807) is 16.7 Å². The van der Waals surface area contributed by atoms with E-state index in [1.807, 2.05) is 55.5 Å². The SMILES string of the molecule is CC[C@@H](C)NC(=O)[C@@H](Cc1ccccc1)N(Cc1ccccc1C)C(=O)CSCc1ccc(C)cc1. The van der Waals surface area contributed by atoms with Crippen molar-refractivity contribution in [3.8, 4) is 0 Å². The van der Waals surface area contributed by atoms with Crippen LogP contribution in [0.2, 0.25) is 0 Å². The Morgan fingerprint density at radius 3 is 2.22 bits per heavy atom. The fraction of sp³-hybridized carbons (Fsp3) is 0.355. The standard InChI is InChI=1S/C31H38N2O2S/c1-5-25(4)32-31(35)29(19-26-12-7-6-8-13-26)33(20-28-14-10-9-11-24(28)3)30(34)22-36-21-27-17-15-23(2)16-18-27/h6-18,25,29H,5,19-22H2,1-4H3,(H,32,35)/t25-,29-/m1/s1. The van der Waals surface area contributed by atoms with Gasteiger partial charge in [-0.15, -0.1) is 11.8 Å². The molecule has 2 amide bonds. The molecule has 0 saturated carbocycles. The van der Waals surface area contributed by atoms with Gasteiger partial charge in [0.15, 0.2) is 0 Å². The average molecular weight is 503 g/mol. The van der Waals surface area contributed by atoms with Gasteiger partial charge < -0.3 is 10.2 Å². The van der Waals surface area contributed by atoms with Crippen LogP contribution in [0.1, 0.15) is 48.1 Å². The lowest BCUT2D eigenvalue weighted by atomic mass is 10.0. The number of hydrogen-bond acceptors (Lipinski definition) is 3. The van der Waals surface area contributed by atoms with E-state index in [9.17, 15) is 9.59 Å². The minimum atomic E-state index is -0.589. The summed E-state index contributed by atoms with van der Waals surface area (Å²) in [4.78, 5) is 29.1. The van der Waals surface area contributed by atoms with Crippen LogP contribution >= 0.6 is 11.8 Å². The van der Waals surface area contributed by atoms with E-state index in [2.05, 4.69) is 56.4 Å². The number of thioether (sulfide) groups is 1. The van der Waals surface area contributed by atoms with Gasteiger partial charge in [0.1, 0.15) is 6.04 Å². The summed E-state index contributed by atoms with van der Waals surface area (Å²) in [5.41, 5.74) is 5.63. The molecular weight excluding hydrogens is 464 g/mol. The van der Waals surface area contributed by atoms with Crippen molar-refractivity contribution in [2.24, 2.45) is 0 Å². The lowest BCUT2D eigenvalue weighted by Gasteiger charge is -2.32. The van der Waals surface area contributed by atoms with Gasteiger partial charge >= 0.3 is 0 Å². The first-order valence-electron chi connectivity index (χ1n) is 12.7. The van der Waals surface area contributed by atoms with Crippen molar-refractivity contribution in [1.29, 1.82) is 0 Å². The predicted molar refractivity (Wildman–Crippen MR) is 151 cm³/mol. The molecule has 190 valence electrons. The number of amides is 2. The van der Waals surface area contributed by atoms with Gasteiger partial charge in [0, 0.05) is 24.8 Å². The molecule has 0 spiro atoms. The fourth-order valence-corrected chi connectivity index (χ4v) is 4.86. The molecule has 2 atom stereocenters. The third kappa shape index (κ3) is 8.27. The van der Waals surface area contributed by atoms with E-state index in [0.717, 1.165) is 28.9 Å². The molecule has 0 aromatic heterocycles. The predicted octanol–water partition coefficient (Wildman–Crippen LogP) is 6.09. The van der Waals surface area contributed by atoms with Crippen LogP contribution in [-0.2, 0) is 28.3 Å². The Morgan fingerprint density at radius 1 is 0.889 bits per heavy atom. The molecule has 0 saturated heterocycles. The molecule has 0 aliphatic rings. The number of aryl methyl sites for hydroxylation is 2. The first-order chi connectivity index (χ1) is 17.4. The van der Waals surface area contributed by atoms with Crippen LogP contribution in [0.3, 0.4) is 0 Å². The molecule has 0 aliphatic heterocycles. The second-order valence-corrected chi connectivity index (χ2v) is 10.4. The number of nitrogens with zero attached hydrogens (tertiary/aromatic N) is 1. The molecule has 3 rings (SSSR count). The molecule has 0 fully saturated rings. The average Bonchev–Trinajstić information content (AvgIpc) is 2.88. The van der Waals surface area contributed by atoms with Crippen LogP contribution in [0.5, 0.6) is 0 Å². The quantitative estimate of drug-likeness (QED) is 0.326. The summed E-state index contributed by atoms with van der Waals surface area (Å²) in [6.07, 6.45) is 1.31. The highest BCUT2D eigenvalue weighted by Gasteiger charge is 2.31. The van der Waals surface area contributed by atoms with Gasteiger partial charge in [-0.25, -0.2) is 0 Å². The molecule has 3 aromatic rings. The maximum atomic E-state index is 13.7. The summed E-state index contributed by atoms with van der Waals surface area (Å²) in [5.74, 6) is 0.961. The third-order valence-electron chi connectivity index (χ3n) is 6.49. The van der Waals surface area contributed by atoms with Crippen LogP contribution in [0.4, 0.5) is 0 Å². The second-order valence-electron chi connectivity index (χ2n) is 9.45. The summed E-state index contributed by atoms with van der Waals surface area (Å²) in [7, 11) is 0. The van der Waals surface area contributed by atoms with Crippen LogP contribution in [0.15, 0.2) is 78.9 Å². The molecule has 0 unspecified atom stereocenters. The topological polar surface area (TPSA) is 49.4 Å². The Labute approximate surface area is 220 Å². The largest absolute Gasteiger partial charge is 0.352 e. The number of carbonyl (C=O) groups is 2. The van der Waals surface area contributed by atoms with Gasteiger partial charge in [0.25, 0.3) is 0 Å². The normalized spacial score (nSPS) is 12.6. The lowest BCUT2D eigenvalue weighted by molar-refractivity contribution is -0.139. The van der Waals surface area contributed by atoms with E-state index < -0.39 is 6.04 Å². The lowest BCUT2D eigenvalue weighted by Crippen LogP contribution is -2.52. The first kappa shape index (κ1) is 27.5. The number of carbonyl (C=O) groups excluding carboxylic acids is 2. The van der Waals surface area contributed by atoms with Crippen molar-refractivity contribution in [3.63, 3.8) is 0 Å². The Morgan fingerprint density at radius 2 is 1.56 bits per heavy atom. The van der Waals surface area contributed by atoms with E-state index in [1.165, 1.54) is 11.1 Å². The minimum Gasteiger partial charge on any atom is -0.352 e. The van der Waals surface area contributed by atoms with Crippen molar-refractivity contribution in [2.45, 2.75) is 64.9 Å². The zero-order chi connectivity index (χ0) is 25.9. The summed E-state index contributed by atoms with van der Waals surface area (Å²) in [5, 5.41) is 3.13. The number of hydrogen-bond donors (Lipinski definition) is 1. The monoisotopic (exact) mass is 502 g/mol. The third-order valence-corrected chi connectivity index (χ3v) is 7.48. The highest BCUT2D eigenvalue weighted by Crippen LogP contribution is 2.20. The van der Waals surface area contributed by atoms with Gasteiger partial charge in [-0.1, -0.05) is 91.3 Å². The maximum Gasteiger partial charge on any atom is 0.243 e. The first-order valence-corrected chi connectivity index (χ1v) is 13.8. The Balaban J connectivity index is 1.86. The zero-order valence-corrected chi connectivity index (χ0v) is 22.7. The summed E-state index contributed by atoms with van der Waals surface area (Å²) in [6.45, 7) is 8.58. The molecule has 0 heterocycles. The van der Waals surface area contributed by atoms with Crippen molar-refractivity contribution >= 4 is 23.6 Å². The molecule has 4 nitrogen and oxygen atoms in total. The molecule has 5 heteroatoms. The Kier molecular flexibility index (Phi) is 10.6. The van der Waals surface area contributed by atoms with Crippen LogP contribution < -0.4 is 5.32 Å². The Hall–Kier alpha value is -3.05. The summed E-state index contributed by atoms with van der Waals surface area (Å²) < 4.78 is 0. The molecular formula is C31H38N2O2S. The van der Waals surface area contributed by atoms with Crippen molar-refractivity contribution in [1.82, 2.24) is 10.2 Å². The molecule has 36 heavy (non-hydrogen) atoms. The number of rotatable bonds is 12. The molecule has 0 radical (unpaired) electrons. The molecule has 1 N–H and O–H groups in total. The van der Waals surface area contributed by atoms with Crippen LogP contribution in [-0.4, -0.2) is 34.6 Å². The van der Waals surface area contributed by atoms with Gasteiger partial charge in [0.2, 0.25) is 11.8 Å². The number of nitrogens with one attached hydrogen (secondary N) is 1. The van der Waals surface area contributed by atoms with Crippen LogP contribution in [0, 0.1) is 13.8 Å². The van der Waals surface area contributed by atoms with Gasteiger partial charge in [-0.05, 0) is 49.4 Å². The fourth-order valence-electron chi connectivity index (χ4n) is 3.99. The van der Waals surface area contributed by atoms with Gasteiger partial charge in [-0.3, -0.25) is 9.59 Å². The molecule has 0 bridgehead atoms. The van der Waals surface area contributed by atoms with Gasteiger partial charge in [-0.2, -0.15) is 0 Å². The van der Waals surface area contributed by atoms with E-state index in [4.69, 9.17) is 0 Å². The van der Waals surface area contributed by atoms with Crippen molar-refractivity contribution in [3.05, 3.63) is 107 Å². The van der Waals surface area contributed by atoms with E-state index in [0.29, 0.717) is 18.7 Å². The second kappa shape index (κ2) is 13.9. The van der Waals surface area contributed by atoms with Crippen LogP contribution in [0.25, 0.3) is 0 Å². The van der Waals surface area contributed by atoms with E-state index >= 15 is 0 Å². The molecule has 3 aromatic carbocycles. The smallest absolute Gasteiger partial charge is 0.243 e. The Bertz CT molecular complexity index is 1110. The van der Waals surface area contributed by atoms with Crippen molar-refractivity contribution < 1.29 is 9.59 Å². The zero-order valence-electron chi connectivity index (χ0n) is 21.9. The van der Waals surface area contributed by atoms with E-state index in [-0.39, 0.29) is 17.9 Å². The maximum absolute atomic E-state index is 13.7. The summed E-state index contributed by atoms with van der Waals surface area (Å²) >= 11 is 1.59. The highest BCUT2D eigenvalue weighted by molar-refractivity contribution is 7.99. The van der Waals surface area contributed by atoms with Gasteiger partial charge in [0.05, 0.1) is 5.75 Å². The van der Waals surface area contributed by atoms with Crippen molar-refractivity contribution in [2.75, 3.05) is 5.75 Å². The minimum absolute atomic E-state index is 0.0180. The highest BCUT2D eigenvalue weighted by atomic mass is 32.2. The number of benzene rings is 3. The molecule has 0 aliphatic carbocycles.